The molecule has 10 heteroatoms. The van der Waals surface area contributed by atoms with Crippen LogP contribution in [0.25, 0.3) is 11.0 Å². The molecule has 4 heterocycles. The van der Waals surface area contributed by atoms with E-state index in [0.717, 1.165) is 12.8 Å². The van der Waals surface area contributed by atoms with Gasteiger partial charge in [0.05, 0.1) is 49.3 Å². The molecular formula is C26H25FN4O5. The molecule has 0 unspecified atom stereocenters. The van der Waals surface area contributed by atoms with Gasteiger partial charge in [0.2, 0.25) is 5.88 Å². The van der Waals surface area contributed by atoms with Crippen molar-refractivity contribution in [3.05, 3.63) is 71.9 Å². The Morgan fingerprint density at radius 3 is 2.75 bits per heavy atom. The van der Waals surface area contributed by atoms with Crippen molar-refractivity contribution in [2.75, 3.05) is 25.6 Å². The maximum atomic E-state index is 13.9. The Kier molecular flexibility index (Phi) is 6.79. The van der Waals surface area contributed by atoms with Gasteiger partial charge in [0, 0.05) is 30.1 Å². The van der Waals surface area contributed by atoms with Crippen LogP contribution in [-0.2, 0) is 4.74 Å². The maximum absolute atomic E-state index is 13.9. The monoisotopic (exact) mass is 492 g/mol. The molecule has 1 fully saturated rings. The molecule has 0 aliphatic carbocycles. The highest BCUT2D eigenvalue weighted by atomic mass is 19.1. The average molecular weight is 493 g/mol. The Labute approximate surface area is 206 Å². The molecule has 186 valence electrons. The largest absolute Gasteiger partial charge is 0.493 e. The quantitative estimate of drug-likeness (QED) is 0.315. The van der Waals surface area contributed by atoms with Gasteiger partial charge in [-0.15, -0.1) is 0 Å². The smallest absolute Gasteiger partial charge is 0.219 e. The van der Waals surface area contributed by atoms with E-state index in [1.807, 2.05) is 0 Å². The van der Waals surface area contributed by atoms with Crippen molar-refractivity contribution in [2.45, 2.75) is 25.0 Å². The van der Waals surface area contributed by atoms with Crippen LogP contribution in [0.4, 0.5) is 10.1 Å². The van der Waals surface area contributed by atoms with Gasteiger partial charge >= 0.3 is 0 Å². The van der Waals surface area contributed by atoms with E-state index in [9.17, 15) is 14.3 Å². The number of hydrogen-bond acceptors (Lipinski definition) is 8. The Bertz CT molecular complexity index is 1370. The van der Waals surface area contributed by atoms with Gasteiger partial charge in [0.15, 0.2) is 23.1 Å². The molecule has 1 aliphatic heterocycles. The fraction of sp³-hybridized carbons (Fsp3) is 0.269. The number of nitrogens with one attached hydrogen (secondary N) is 2. The van der Waals surface area contributed by atoms with Crippen molar-refractivity contribution in [1.82, 2.24) is 15.0 Å². The van der Waals surface area contributed by atoms with Crippen LogP contribution < -0.4 is 14.8 Å². The van der Waals surface area contributed by atoms with Gasteiger partial charge in [-0.1, -0.05) is 12.1 Å². The zero-order valence-corrected chi connectivity index (χ0v) is 19.5. The zero-order valence-electron chi connectivity index (χ0n) is 19.5. The Morgan fingerprint density at radius 1 is 1.19 bits per heavy atom. The minimum Gasteiger partial charge on any atom is -0.493 e. The summed E-state index contributed by atoms with van der Waals surface area (Å²) < 4.78 is 30.6. The van der Waals surface area contributed by atoms with Crippen molar-refractivity contribution in [1.29, 1.82) is 0 Å². The molecule has 4 aromatic rings. The number of anilines is 1. The highest BCUT2D eigenvalue weighted by molar-refractivity contribution is 6.18. The number of hydrogen-bond donors (Lipinski definition) is 3. The normalized spacial score (nSPS) is 17.6. The maximum Gasteiger partial charge on any atom is 0.219 e. The van der Waals surface area contributed by atoms with E-state index in [0.29, 0.717) is 40.2 Å². The fourth-order valence-electron chi connectivity index (χ4n) is 4.19. The second-order valence-corrected chi connectivity index (χ2v) is 8.43. The van der Waals surface area contributed by atoms with Crippen molar-refractivity contribution in [3.63, 3.8) is 0 Å². The molecule has 0 saturated carbocycles. The summed E-state index contributed by atoms with van der Waals surface area (Å²) >= 11 is 0. The van der Waals surface area contributed by atoms with E-state index in [1.165, 1.54) is 24.4 Å². The van der Waals surface area contributed by atoms with Gasteiger partial charge in [-0.25, -0.2) is 14.4 Å². The first kappa shape index (κ1) is 23.7. The summed E-state index contributed by atoms with van der Waals surface area (Å²) in [6.45, 7) is 0.406. The molecule has 0 amide bonds. The summed E-state index contributed by atoms with van der Waals surface area (Å²) in [5.41, 5.74) is 1.89. The highest BCUT2D eigenvalue weighted by Gasteiger charge is 2.26. The lowest BCUT2D eigenvalue weighted by Gasteiger charge is -2.29. The predicted molar refractivity (Wildman–Crippen MR) is 130 cm³/mol. The summed E-state index contributed by atoms with van der Waals surface area (Å²) in [5, 5.41) is 13.4. The lowest BCUT2D eigenvalue weighted by molar-refractivity contribution is -0.0223. The first-order valence-electron chi connectivity index (χ1n) is 11.5. The fourth-order valence-corrected chi connectivity index (χ4v) is 4.19. The van der Waals surface area contributed by atoms with E-state index in [2.05, 4.69) is 20.3 Å². The van der Waals surface area contributed by atoms with E-state index in [1.54, 1.807) is 37.7 Å². The highest BCUT2D eigenvalue weighted by Crippen LogP contribution is 2.36. The van der Waals surface area contributed by atoms with Crippen LogP contribution >= 0.6 is 0 Å². The molecule has 1 aromatic carbocycles. The third kappa shape index (κ3) is 4.73. The number of fused-ring (bicyclic) bond motifs is 1. The number of ether oxygens (including phenoxy) is 3. The second kappa shape index (κ2) is 10.3. The summed E-state index contributed by atoms with van der Waals surface area (Å²) in [7, 11) is 1.54. The molecule has 1 aliphatic rings. The Balaban J connectivity index is 1.42. The molecule has 0 radical (unpaired) electrons. The average Bonchev–Trinajstić information content (AvgIpc) is 3.35. The van der Waals surface area contributed by atoms with Gasteiger partial charge < -0.3 is 29.6 Å². The van der Waals surface area contributed by atoms with E-state index in [-0.39, 0.29) is 36.2 Å². The summed E-state index contributed by atoms with van der Waals surface area (Å²) in [6.07, 6.45) is 5.93. The third-order valence-corrected chi connectivity index (χ3v) is 6.10. The van der Waals surface area contributed by atoms with Crippen LogP contribution in [-0.4, -0.2) is 58.3 Å². The number of para-hydroxylation sites is 1. The first-order valence-corrected chi connectivity index (χ1v) is 11.5. The Hall–Kier alpha value is -4.02. The molecule has 0 spiro atoms. The van der Waals surface area contributed by atoms with Crippen LogP contribution in [0.1, 0.15) is 28.8 Å². The standard InChI is InChI=1S/C26H25FN4O5/c1-34-21-12-30-26-23(24(21)31-16-7-8-17(13-32)35-14-16)18(11-29-26)25(33)15-6-9-22(28-10-15)36-20-5-3-2-4-19(20)27/h2-6,9-12,16-17,32H,7-8,13-14H2,1H3,(H2,29,30,31)/t16-,17+/m1/s1. The van der Waals surface area contributed by atoms with Crippen molar-refractivity contribution in [2.24, 2.45) is 0 Å². The molecule has 5 rings (SSSR count). The van der Waals surface area contributed by atoms with Gasteiger partial charge in [-0.2, -0.15) is 0 Å². The third-order valence-electron chi connectivity index (χ3n) is 6.10. The number of rotatable bonds is 8. The van der Waals surface area contributed by atoms with Gasteiger partial charge in [0.25, 0.3) is 0 Å². The van der Waals surface area contributed by atoms with Gasteiger partial charge in [-0.05, 0) is 31.0 Å². The topological polar surface area (TPSA) is 119 Å². The minimum atomic E-state index is -0.505. The SMILES string of the molecule is COc1cnc2[nH]cc(C(=O)c3ccc(Oc4ccccc4F)nc3)c2c1N[C@@H]1CC[C@@H](CO)OC1. The van der Waals surface area contributed by atoms with E-state index in [4.69, 9.17) is 14.2 Å². The van der Waals surface area contributed by atoms with Crippen molar-refractivity contribution < 1.29 is 28.5 Å². The van der Waals surface area contributed by atoms with E-state index < -0.39 is 5.82 Å². The first-order chi connectivity index (χ1) is 17.6. The Morgan fingerprint density at radius 2 is 2.06 bits per heavy atom. The molecule has 36 heavy (non-hydrogen) atoms. The zero-order chi connectivity index (χ0) is 25.1. The number of methoxy groups -OCH3 is 1. The van der Waals surface area contributed by atoms with Crippen LogP contribution in [0, 0.1) is 5.82 Å². The number of aliphatic hydroxyl groups is 1. The number of nitrogens with zero attached hydrogens (tertiary/aromatic N) is 2. The number of carbonyl (C=O) groups excluding carboxylic acids is 1. The summed E-state index contributed by atoms with van der Waals surface area (Å²) in [6, 6.07) is 9.09. The molecule has 9 nitrogen and oxygen atoms in total. The number of aliphatic hydroxyl groups excluding tert-OH is 1. The number of aromatic amines is 1. The summed E-state index contributed by atoms with van der Waals surface area (Å²) in [4.78, 5) is 25.1. The number of benzene rings is 1. The molecule has 3 N–H and O–H groups in total. The van der Waals surface area contributed by atoms with Crippen LogP contribution in [0.5, 0.6) is 17.4 Å². The van der Waals surface area contributed by atoms with Crippen molar-refractivity contribution in [3.8, 4) is 17.4 Å². The van der Waals surface area contributed by atoms with E-state index >= 15 is 0 Å². The molecule has 1 saturated heterocycles. The number of aromatic nitrogens is 3. The van der Waals surface area contributed by atoms with Gasteiger partial charge in [-0.3, -0.25) is 4.79 Å². The molecule has 3 aromatic heterocycles. The molecule has 2 atom stereocenters. The lowest BCUT2D eigenvalue weighted by atomic mass is 10.0. The second-order valence-electron chi connectivity index (χ2n) is 8.43. The number of H-pyrrole nitrogens is 1. The van der Waals surface area contributed by atoms with Crippen LogP contribution in [0.3, 0.4) is 0 Å². The molecular weight excluding hydrogens is 467 g/mol. The molecule has 0 bridgehead atoms. The minimum absolute atomic E-state index is 0.00976. The van der Waals surface area contributed by atoms with Crippen LogP contribution in [0.2, 0.25) is 0 Å². The van der Waals surface area contributed by atoms with Crippen LogP contribution in [0.15, 0.2) is 55.0 Å². The number of ketones is 1. The lowest BCUT2D eigenvalue weighted by Crippen LogP contribution is -2.36. The van der Waals surface area contributed by atoms with Crippen molar-refractivity contribution >= 4 is 22.5 Å². The number of pyridine rings is 2. The predicted octanol–water partition coefficient (Wildman–Crippen LogP) is 4.08. The summed E-state index contributed by atoms with van der Waals surface area (Å²) in [5.74, 6) is -0.0713. The number of carbonyl (C=O) groups is 1. The number of halogens is 1. The van der Waals surface area contributed by atoms with Gasteiger partial charge in [0.1, 0.15) is 5.65 Å².